The maximum atomic E-state index is 6.01. The van der Waals surface area contributed by atoms with Crippen LogP contribution < -0.4 is 5.73 Å². The molecule has 1 aliphatic heterocycles. The van der Waals surface area contributed by atoms with Crippen LogP contribution in [0.15, 0.2) is 40.7 Å². The highest BCUT2D eigenvalue weighted by atomic mass is 14.7. The van der Waals surface area contributed by atoms with Crippen molar-refractivity contribution in [1.82, 2.24) is 0 Å². The molecule has 2 atom stereocenters. The zero-order chi connectivity index (χ0) is 13.1. The molecular weight excluding hydrogens is 208 g/mol. The molecule has 17 heavy (non-hydrogen) atoms. The molecule has 2 heteroatoms. The first-order chi connectivity index (χ1) is 7.90. The smallest absolute Gasteiger partial charge is 0.0372 e. The second-order valence-corrected chi connectivity index (χ2v) is 5.14. The summed E-state index contributed by atoms with van der Waals surface area (Å²) in [6.45, 7) is 10.7. The van der Waals surface area contributed by atoms with E-state index < -0.39 is 0 Å². The van der Waals surface area contributed by atoms with Gasteiger partial charge in [-0.15, -0.1) is 0 Å². The number of nitrogens with zero attached hydrogens (tertiary/aromatic N) is 1. The van der Waals surface area contributed by atoms with Crippen LogP contribution in [0.25, 0.3) is 0 Å². The van der Waals surface area contributed by atoms with Crippen LogP contribution in [-0.4, -0.2) is 5.71 Å². The molecule has 0 amide bonds. The topological polar surface area (TPSA) is 38.4 Å². The average Bonchev–Trinajstić information content (AvgIpc) is 2.32. The molecule has 0 aromatic carbocycles. The summed E-state index contributed by atoms with van der Waals surface area (Å²) in [5, 5.41) is 0. The first kappa shape index (κ1) is 13.8. The lowest BCUT2D eigenvalue weighted by Gasteiger charge is -2.33. The molecule has 1 aliphatic rings. The Balaban J connectivity index is 3.32. The number of rotatable bonds is 1. The summed E-state index contributed by atoms with van der Waals surface area (Å²) in [5.74, 6) is 0.395. The van der Waals surface area contributed by atoms with E-state index in [1.165, 1.54) is 5.57 Å². The summed E-state index contributed by atoms with van der Waals surface area (Å²) in [6.07, 6.45) is 9.35. The predicted octanol–water partition coefficient (Wildman–Crippen LogP) is 3.82. The Labute approximate surface area is 105 Å². The maximum Gasteiger partial charge on any atom is 0.0372 e. The molecule has 0 saturated heterocycles. The van der Waals surface area contributed by atoms with Crippen molar-refractivity contribution >= 4 is 5.71 Å². The summed E-state index contributed by atoms with van der Waals surface area (Å²) in [7, 11) is 0. The van der Waals surface area contributed by atoms with Crippen molar-refractivity contribution in [2.24, 2.45) is 22.1 Å². The van der Waals surface area contributed by atoms with Gasteiger partial charge in [-0.2, -0.15) is 0 Å². The highest BCUT2D eigenvalue weighted by Crippen LogP contribution is 2.38. The van der Waals surface area contributed by atoms with Crippen molar-refractivity contribution in [3.8, 4) is 0 Å². The fraction of sp³-hybridized carbons (Fsp3) is 0.533. The normalized spacial score (nSPS) is 39.4. The van der Waals surface area contributed by atoms with Crippen molar-refractivity contribution in [2.45, 2.75) is 41.0 Å². The monoisotopic (exact) mass is 232 g/mol. The standard InChI is InChI=1S/C15H24N2/c1-6-15(5)9-10-17-11(2)7-8-14(12(15)3)13(4)16/h7-10,12H,6,16H2,1-5H3/b8-7-,10-9+,14-13-,17-11-/t12?,15-/m1/s1. The van der Waals surface area contributed by atoms with E-state index in [1.54, 1.807) is 0 Å². The zero-order valence-corrected chi connectivity index (χ0v) is 11.6. The molecule has 1 heterocycles. The second-order valence-electron chi connectivity index (χ2n) is 5.14. The molecule has 2 nitrogen and oxygen atoms in total. The summed E-state index contributed by atoms with van der Waals surface area (Å²) < 4.78 is 0. The summed E-state index contributed by atoms with van der Waals surface area (Å²) in [4.78, 5) is 4.40. The van der Waals surface area contributed by atoms with Gasteiger partial charge in [-0.25, -0.2) is 0 Å². The van der Waals surface area contributed by atoms with E-state index in [0.717, 1.165) is 17.8 Å². The highest BCUT2D eigenvalue weighted by molar-refractivity contribution is 5.93. The molecule has 0 radical (unpaired) electrons. The van der Waals surface area contributed by atoms with Crippen molar-refractivity contribution in [3.05, 3.63) is 35.7 Å². The lowest BCUT2D eigenvalue weighted by molar-refractivity contribution is 0.305. The van der Waals surface area contributed by atoms with Gasteiger partial charge in [0.2, 0.25) is 0 Å². The van der Waals surface area contributed by atoms with Crippen molar-refractivity contribution in [2.75, 3.05) is 0 Å². The van der Waals surface area contributed by atoms with Crippen molar-refractivity contribution in [3.63, 3.8) is 0 Å². The molecule has 0 aromatic rings. The molecule has 94 valence electrons. The first-order valence-electron chi connectivity index (χ1n) is 6.27. The Hall–Kier alpha value is -1.31. The van der Waals surface area contributed by atoms with Crippen molar-refractivity contribution in [1.29, 1.82) is 0 Å². The molecule has 0 spiro atoms. The summed E-state index contributed by atoms with van der Waals surface area (Å²) in [6, 6.07) is 0. The van der Waals surface area contributed by atoms with Gasteiger partial charge in [0.15, 0.2) is 0 Å². The van der Waals surface area contributed by atoms with Crippen LogP contribution in [0.3, 0.4) is 0 Å². The quantitative estimate of drug-likeness (QED) is 0.733. The Morgan fingerprint density at radius 2 is 2.12 bits per heavy atom. The molecule has 0 aromatic heterocycles. The lowest BCUT2D eigenvalue weighted by Crippen LogP contribution is -2.25. The number of hydrogen-bond acceptors (Lipinski definition) is 2. The van der Waals surface area contributed by atoms with E-state index in [2.05, 4.69) is 37.9 Å². The lowest BCUT2D eigenvalue weighted by atomic mass is 9.72. The van der Waals surface area contributed by atoms with E-state index >= 15 is 0 Å². The zero-order valence-electron chi connectivity index (χ0n) is 11.6. The van der Waals surface area contributed by atoms with E-state index in [-0.39, 0.29) is 5.41 Å². The molecule has 0 fully saturated rings. The van der Waals surface area contributed by atoms with Gasteiger partial charge >= 0.3 is 0 Å². The van der Waals surface area contributed by atoms with Gasteiger partial charge in [-0.3, -0.25) is 4.99 Å². The maximum absolute atomic E-state index is 6.01. The Morgan fingerprint density at radius 1 is 1.47 bits per heavy atom. The first-order valence-corrected chi connectivity index (χ1v) is 6.27. The molecule has 1 unspecified atom stereocenters. The predicted molar refractivity (Wildman–Crippen MR) is 75.8 cm³/mol. The summed E-state index contributed by atoms with van der Waals surface area (Å²) in [5.41, 5.74) is 9.24. The SMILES string of the molecule is CC[C@]1(C)/C=C/N=C(C)\C=C/C(=C(\C)N)C1C. The number of hydrogen-bond donors (Lipinski definition) is 1. The highest BCUT2D eigenvalue weighted by Gasteiger charge is 2.29. The van der Waals surface area contributed by atoms with Crippen LogP contribution >= 0.6 is 0 Å². The largest absolute Gasteiger partial charge is 0.402 e. The Bertz CT molecular complexity index is 395. The minimum absolute atomic E-state index is 0.106. The van der Waals surface area contributed by atoms with E-state index in [0.29, 0.717) is 5.92 Å². The third-order valence-electron chi connectivity index (χ3n) is 3.91. The van der Waals surface area contributed by atoms with Crippen LogP contribution in [0.2, 0.25) is 0 Å². The third-order valence-corrected chi connectivity index (χ3v) is 3.91. The molecule has 0 bridgehead atoms. The van der Waals surface area contributed by atoms with Crippen LogP contribution in [0, 0.1) is 11.3 Å². The average molecular weight is 232 g/mol. The van der Waals surface area contributed by atoms with Crippen LogP contribution in [0.4, 0.5) is 0 Å². The van der Waals surface area contributed by atoms with Gasteiger partial charge in [0.1, 0.15) is 0 Å². The van der Waals surface area contributed by atoms with Crippen molar-refractivity contribution < 1.29 is 0 Å². The Morgan fingerprint density at radius 3 is 2.65 bits per heavy atom. The van der Waals surface area contributed by atoms with Gasteiger partial charge in [0, 0.05) is 17.6 Å². The van der Waals surface area contributed by atoms with E-state index in [1.807, 2.05) is 26.1 Å². The van der Waals surface area contributed by atoms with Gasteiger partial charge in [-0.1, -0.05) is 32.9 Å². The van der Waals surface area contributed by atoms with Gasteiger partial charge in [0.25, 0.3) is 0 Å². The minimum Gasteiger partial charge on any atom is -0.402 e. The van der Waals surface area contributed by atoms with Gasteiger partial charge in [-0.05, 0) is 43.3 Å². The van der Waals surface area contributed by atoms with E-state index in [9.17, 15) is 0 Å². The van der Waals surface area contributed by atoms with E-state index in [4.69, 9.17) is 5.73 Å². The van der Waals surface area contributed by atoms with Gasteiger partial charge in [0.05, 0.1) is 0 Å². The summed E-state index contributed by atoms with van der Waals surface area (Å²) >= 11 is 0. The molecule has 0 aliphatic carbocycles. The fourth-order valence-electron chi connectivity index (χ4n) is 2.12. The second kappa shape index (κ2) is 5.35. The molecular formula is C15H24N2. The number of allylic oxidation sites excluding steroid dienone is 5. The van der Waals surface area contributed by atoms with Gasteiger partial charge < -0.3 is 5.73 Å². The number of aliphatic imine (C=N–C) groups is 1. The fourth-order valence-corrected chi connectivity index (χ4v) is 2.12. The molecule has 2 N–H and O–H groups in total. The van der Waals surface area contributed by atoms with Crippen LogP contribution in [-0.2, 0) is 0 Å². The minimum atomic E-state index is 0.106. The molecule has 1 rings (SSSR count). The van der Waals surface area contributed by atoms with Crippen LogP contribution in [0.5, 0.6) is 0 Å². The third kappa shape index (κ3) is 3.09. The molecule has 0 saturated carbocycles. The van der Waals surface area contributed by atoms with Crippen LogP contribution in [0.1, 0.15) is 41.0 Å². The number of nitrogens with two attached hydrogens (primary N) is 1. The Kier molecular flexibility index (Phi) is 4.33.